The van der Waals surface area contributed by atoms with E-state index in [9.17, 15) is 14.3 Å². The van der Waals surface area contributed by atoms with E-state index < -0.39 is 24.0 Å². The van der Waals surface area contributed by atoms with E-state index in [1.54, 1.807) is 0 Å². The molecule has 1 aromatic rings. The molecule has 0 saturated carbocycles. The number of benzene rings is 1. The van der Waals surface area contributed by atoms with Crippen LogP contribution < -0.4 is 9.47 Å². The lowest BCUT2D eigenvalue weighted by Gasteiger charge is -2.21. The molecular formula is C10H9FO5. The smallest absolute Gasteiger partial charge is 0.308 e. The average Bonchev–Trinajstić information content (AvgIpc) is 2.24. The molecule has 0 unspecified atom stereocenters. The van der Waals surface area contributed by atoms with Crippen molar-refractivity contribution in [3.63, 3.8) is 0 Å². The third-order valence-corrected chi connectivity index (χ3v) is 2.17. The molecule has 0 saturated heterocycles. The zero-order valence-electron chi connectivity index (χ0n) is 8.20. The molecule has 5 nitrogen and oxygen atoms in total. The highest BCUT2D eigenvalue weighted by Gasteiger charge is 2.24. The van der Waals surface area contributed by atoms with E-state index in [1.165, 1.54) is 0 Å². The Hall–Kier alpha value is -1.98. The lowest BCUT2D eigenvalue weighted by atomic mass is 10.1. The van der Waals surface area contributed by atoms with Crippen LogP contribution >= 0.6 is 0 Å². The Kier molecular flexibility index (Phi) is 2.55. The van der Waals surface area contributed by atoms with E-state index in [4.69, 9.17) is 14.6 Å². The van der Waals surface area contributed by atoms with Crippen LogP contribution in [0.4, 0.5) is 4.39 Å². The van der Waals surface area contributed by atoms with E-state index in [-0.39, 0.29) is 30.3 Å². The van der Waals surface area contributed by atoms with E-state index in [0.717, 1.165) is 6.07 Å². The monoisotopic (exact) mass is 228 g/mol. The van der Waals surface area contributed by atoms with Crippen molar-refractivity contribution >= 4 is 5.97 Å². The van der Waals surface area contributed by atoms with Crippen molar-refractivity contribution in [2.75, 3.05) is 13.2 Å². The van der Waals surface area contributed by atoms with Gasteiger partial charge in [0, 0.05) is 11.6 Å². The third kappa shape index (κ3) is 1.73. The Bertz CT molecular complexity index is 443. The zero-order valence-corrected chi connectivity index (χ0v) is 8.20. The van der Waals surface area contributed by atoms with Crippen LogP contribution in [0.25, 0.3) is 0 Å². The summed E-state index contributed by atoms with van der Waals surface area (Å²) in [6.45, 7) is 0.508. The summed E-state index contributed by atoms with van der Waals surface area (Å²) in [6.07, 6.45) is -0.564. The molecule has 0 bridgehead atoms. The lowest BCUT2D eigenvalue weighted by molar-refractivity contribution is -0.136. The molecule has 0 atom stereocenters. The normalized spacial score (nSPS) is 13.6. The van der Waals surface area contributed by atoms with Crippen molar-refractivity contribution in [1.29, 1.82) is 0 Å². The van der Waals surface area contributed by atoms with Gasteiger partial charge in [-0.2, -0.15) is 0 Å². The topological polar surface area (TPSA) is 76.0 Å². The molecule has 2 N–H and O–H groups in total. The fraction of sp³-hybridized carbons (Fsp3) is 0.300. The van der Waals surface area contributed by atoms with Gasteiger partial charge in [-0.05, 0) is 0 Å². The molecule has 0 fully saturated rings. The summed E-state index contributed by atoms with van der Waals surface area (Å²) in [5.74, 6) is -2.60. The number of halogens is 1. The van der Waals surface area contributed by atoms with Gasteiger partial charge in [-0.25, -0.2) is 4.39 Å². The first-order chi connectivity index (χ1) is 7.59. The van der Waals surface area contributed by atoms with Crippen LogP contribution in [0.1, 0.15) is 5.56 Å². The van der Waals surface area contributed by atoms with Crippen LogP contribution in [0.2, 0.25) is 0 Å². The first-order valence-corrected chi connectivity index (χ1v) is 4.61. The second kappa shape index (κ2) is 3.88. The highest BCUT2D eigenvalue weighted by molar-refractivity contribution is 5.73. The molecule has 1 aromatic carbocycles. The van der Waals surface area contributed by atoms with Gasteiger partial charge >= 0.3 is 5.97 Å². The van der Waals surface area contributed by atoms with Crippen LogP contribution in [0.3, 0.4) is 0 Å². The molecule has 0 aliphatic carbocycles. The number of ether oxygens (including phenoxy) is 2. The maximum Gasteiger partial charge on any atom is 0.308 e. The molecule has 1 aliphatic rings. The van der Waals surface area contributed by atoms with Gasteiger partial charge in [0.15, 0.2) is 23.1 Å². The van der Waals surface area contributed by atoms with Crippen molar-refractivity contribution in [2.24, 2.45) is 0 Å². The minimum atomic E-state index is -1.21. The van der Waals surface area contributed by atoms with E-state index in [1.807, 2.05) is 0 Å². The molecular weight excluding hydrogens is 219 g/mol. The zero-order chi connectivity index (χ0) is 11.7. The Balaban J connectivity index is 2.54. The van der Waals surface area contributed by atoms with Crippen molar-refractivity contribution in [1.82, 2.24) is 0 Å². The minimum Gasteiger partial charge on any atom is -0.505 e. The average molecular weight is 228 g/mol. The van der Waals surface area contributed by atoms with Crippen LogP contribution in [-0.4, -0.2) is 29.4 Å². The number of rotatable bonds is 2. The Morgan fingerprint density at radius 2 is 2.12 bits per heavy atom. The summed E-state index contributed by atoms with van der Waals surface area (Å²) in [5, 5.41) is 17.9. The van der Waals surface area contributed by atoms with Crippen LogP contribution in [0.15, 0.2) is 6.07 Å². The van der Waals surface area contributed by atoms with Gasteiger partial charge in [-0.15, -0.1) is 0 Å². The summed E-state index contributed by atoms with van der Waals surface area (Å²) >= 11 is 0. The SMILES string of the molecule is O=C(O)Cc1c(F)c(O)cc2c1OCCO2. The largest absolute Gasteiger partial charge is 0.505 e. The molecule has 0 aromatic heterocycles. The number of carbonyl (C=O) groups is 1. The first kappa shape index (κ1) is 10.5. The fourth-order valence-corrected chi connectivity index (χ4v) is 1.53. The quantitative estimate of drug-likeness (QED) is 0.787. The molecule has 1 heterocycles. The Morgan fingerprint density at radius 1 is 1.44 bits per heavy atom. The molecule has 6 heteroatoms. The van der Waals surface area contributed by atoms with Crippen LogP contribution in [0, 0.1) is 5.82 Å². The van der Waals surface area contributed by atoms with Crippen molar-refractivity contribution < 1.29 is 28.9 Å². The van der Waals surface area contributed by atoms with Crippen molar-refractivity contribution in [3.05, 3.63) is 17.4 Å². The van der Waals surface area contributed by atoms with Crippen molar-refractivity contribution in [3.8, 4) is 17.2 Å². The number of phenols is 1. The molecule has 86 valence electrons. The first-order valence-electron chi connectivity index (χ1n) is 4.61. The Labute approximate surface area is 90.0 Å². The highest BCUT2D eigenvalue weighted by atomic mass is 19.1. The van der Waals surface area contributed by atoms with Gasteiger partial charge in [0.05, 0.1) is 6.42 Å². The number of hydrogen-bond donors (Lipinski definition) is 2. The van der Waals surface area contributed by atoms with Gasteiger partial charge < -0.3 is 19.7 Å². The molecule has 0 spiro atoms. The summed E-state index contributed by atoms with van der Waals surface area (Å²) in [5.41, 5.74) is -0.192. The summed E-state index contributed by atoms with van der Waals surface area (Å²) in [7, 11) is 0. The predicted octanol–water partition coefficient (Wildman–Crippen LogP) is 0.930. The van der Waals surface area contributed by atoms with Crippen LogP contribution in [0.5, 0.6) is 17.2 Å². The van der Waals surface area contributed by atoms with Crippen LogP contribution in [-0.2, 0) is 11.2 Å². The minimum absolute atomic E-state index is 0.0592. The van der Waals surface area contributed by atoms with Gasteiger partial charge in [-0.1, -0.05) is 0 Å². The van der Waals surface area contributed by atoms with Gasteiger partial charge in [0.1, 0.15) is 13.2 Å². The number of carboxylic acids is 1. The fourth-order valence-electron chi connectivity index (χ4n) is 1.53. The number of aromatic hydroxyl groups is 1. The predicted molar refractivity (Wildman–Crippen MR) is 50.4 cm³/mol. The Morgan fingerprint density at radius 3 is 2.81 bits per heavy atom. The number of phenolic OH excluding ortho intramolecular Hbond substituents is 1. The molecule has 0 amide bonds. The second-order valence-electron chi connectivity index (χ2n) is 3.28. The lowest BCUT2D eigenvalue weighted by Crippen LogP contribution is -2.18. The van der Waals surface area contributed by atoms with Gasteiger partial charge in [-0.3, -0.25) is 4.79 Å². The maximum atomic E-state index is 13.5. The maximum absolute atomic E-state index is 13.5. The van der Waals surface area contributed by atoms with Crippen molar-refractivity contribution in [2.45, 2.75) is 6.42 Å². The van der Waals surface area contributed by atoms with E-state index in [0.29, 0.717) is 0 Å². The number of carboxylic acid groups (broad SMARTS) is 1. The van der Waals surface area contributed by atoms with E-state index in [2.05, 4.69) is 0 Å². The third-order valence-electron chi connectivity index (χ3n) is 2.17. The summed E-state index contributed by atoms with van der Waals surface area (Å²) in [4.78, 5) is 10.6. The highest BCUT2D eigenvalue weighted by Crippen LogP contribution is 2.40. The second-order valence-corrected chi connectivity index (χ2v) is 3.28. The van der Waals surface area contributed by atoms with Gasteiger partial charge in [0.25, 0.3) is 0 Å². The molecule has 2 rings (SSSR count). The number of fused-ring (bicyclic) bond motifs is 1. The van der Waals surface area contributed by atoms with Gasteiger partial charge in [0.2, 0.25) is 0 Å². The standard InChI is InChI=1S/C10H9FO5/c11-9-5(3-8(13)14)10-7(4-6(9)12)15-1-2-16-10/h4,12H,1-3H2,(H,13,14). The van der Waals surface area contributed by atoms with E-state index >= 15 is 0 Å². The summed E-state index contributed by atoms with van der Waals surface area (Å²) in [6, 6.07) is 1.08. The molecule has 16 heavy (non-hydrogen) atoms. The number of hydrogen-bond acceptors (Lipinski definition) is 4. The number of aliphatic carboxylic acids is 1. The summed E-state index contributed by atoms with van der Waals surface area (Å²) < 4.78 is 23.8. The molecule has 1 aliphatic heterocycles. The molecule has 0 radical (unpaired) electrons.